The third-order valence-electron chi connectivity index (χ3n) is 5.34. The fourth-order valence-electron chi connectivity index (χ4n) is 3.94. The first kappa shape index (κ1) is 16.8. The molecule has 5 nitrogen and oxygen atoms in total. The number of fused-ring (bicyclic) bond motifs is 2. The zero-order chi connectivity index (χ0) is 18.1. The molecule has 0 atom stereocenters. The van der Waals surface area contributed by atoms with E-state index in [1.54, 1.807) is 17.0 Å². The first-order chi connectivity index (χ1) is 12.5. The minimum Gasteiger partial charge on any atom is -0.508 e. The van der Waals surface area contributed by atoms with E-state index in [9.17, 15) is 9.90 Å². The molecule has 0 bridgehead atoms. The average Bonchev–Trinajstić information content (AvgIpc) is 2.82. The van der Waals surface area contributed by atoms with E-state index in [4.69, 9.17) is 4.74 Å². The summed E-state index contributed by atoms with van der Waals surface area (Å²) in [6.45, 7) is 4.32. The SMILES string of the molecule is CC1(CNC(=O)N2CCOc3cc(O)ccc3C2)Cc2ccccc2C1. The van der Waals surface area contributed by atoms with Gasteiger partial charge in [-0.25, -0.2) is 4.79 Å². The number of phenolic OH excluding ortho intramolecular Hbond substituents is 1. The van der Waals surface area contributed by atoms with Crippen LogP contribution in [0.5, 0.6) is 11.5 Å². The lowest BCUT2D eigenvalue weighted by atomic mass is 9.87. The van der Waals surface area contributed by atoms with Crippen molar-refractivity contribution in [2.45, 2.75) is 26.3 Å². The highest BCUT2D eigenvalue weighted by Crippen LogP contribution is 2.36. The molecule has 5 heteroatoms. The van der Waals surface area contributed by atoms with Gasteiger partial charge in [0.2, 0.25) is 0 Å². The average molecular weight is 352 g/mol. The summed E-state index contributed by atoms with van der Waals surface area (Å²) < 4.78 is 5.67. The summed E-state index contributed by atoms with van der Waals surface area (Å²) in [6.07, 6.45) is 1.99. The lowest BCUT2D eigenvalue weighted by Crippen LogP contribution is -2.45. The molecular formula is C21H24N2O3. The van der Waals surface area contributed by atoms with Gasteiger partial charge < -0.3 is 20.1 Å². The maximum Gasteiger partial charge on any atom is 0.317 e. The molecule has 4 rings (SSSR count). The number of aromatic hydroxyl groups is 1. The van der Waals surface area contributed by atoms with Crippen LogP contribution in [0.2, 0.25) is 0 Å². The van der Waals surface area contributed by atoms with E-state index in [1.165, 1.54) is 11.1 Å². The summed E-state index contributed by atoms with van der Waals surface area (Å²) in [6, 6.07) is 13.5. The maximum atomic E-state index is 12.7. The Bertz CT molecular complexity index is 809. The van der Waals surface area contributed by atoms with Crippen LogP contribution < -0.4 is 10.1 Å². The van der Waals surface area contributed by atoms with Crippen LogP contribution in [-0.4, -0.2) is 35.7 Å². The van der Waals surface area contributed by atoms with Crippen molar-refractivity contribution in [1.29, 1.82) is 0 Å². The second-order valence-corrected chi connectivity index (χ2v) is 7.65. The molecule has 26 heavy (non-hydrogen) atoms. The monoisotopic (exact) mass is 352 g/mol. The number of hydrogen-bond donors (Lipinski definition) is 2. The van der Waals surface area contributed by atoms with Gasteiger partial charge >= 0.3 is 6.03 Å². The largest absolute Gasteiger partial charge is 0.508 e. The molecule has 2 N–H and O–H groups in total. The van der Waals surface area contributed by atoms with E-state index in [2.05, 4.69) is 36.5 Å². The summed E-state index contributed by atoms with van der Waals surface area (Å²) in [5.41, 5.74) is 3.75. The van der Waals surface area contributed by atoms with E-state index in [0.717, 1.165) is 18.4 Å². The van der Waals surface area contributed by atoms with Gasteiger partial charge in [0.15, 0.2) is 0 Å². The van der Waals surface area contributed by atoms with Crippen molar-refractivity contribution >= 4 is 6.03 Å². The molecule has 0 spiro atoms. The van der Waals surface area contributed by atoms with Gasteiger partial charge in [0.25, 0.3) is 0 Å². The number of phenols is 1. The number of carbonyl (C=O) groups excluding carboxylic acids is 1. The van der Waals surface area contributed by atoms with Crippen LogP contribution in [0, 0.1) is 5.41 Å². The van der Waals surface area contributed by atoms with E-state index in [0.29, 0.717) is 32.0 Å². The van der Waals surface area contributed by atoms with E-state index in [1.807, 2.05) is 6.07 Å². The summed E-state index contributed by atoms with van der Waals surface area (Å²) in [5, 5.41) is 12.7. The van der Waals surface area contributed by atoms with Crippen LogP contribution in [0.15, 0.2) is 42.5 Å². The van der Waals surface area contributed by atoms with Gasteiger partial charge in [0.05, 0.1) is 13.1 Å². The first-order valence-corrected chi connectivity index (χ1v) is 9.07. The lowest BCUT2D eigenvalue weighted by Gasteiger charge is -2.27. The molecule has 0 fully saturated rings. The highest BCUT2D eigenvalue weighted by atomic mass is 16.5. The van der Waals surface area contributed by atoms with Gasteiger partial charge in [-0.3, -0.25) is 0 Å². The van der Waals surface area contributed by atoms with E-state index < -0.39 is 0 Å². The Morgan fingerprint density at radius 1 is 1.19 bits per heavy atom. The summed E-state index contributed by atoms with van der Waals surface area (Å²) in [7, 11) is 0. The lowest BCUT2D eigenvalue weighted by molar-refractivity contribution is 0.181. The zero-order valence-electron chi connectivity index (χ0n) is 15.0. The van der Waals surface area contributed by atoms with E-state index >= 15 is 0 Å². The maximum absolute atomic E-state index is 12.7. The Morgan fingerprint density at radius 3 is 2.65 bits per heavy atom. The van der Waals surface area contributed by atoms with Crippen molar-refractivity contribution in [3.8, 4) is 11.5 Å². The third-order valence-corrected chi connectivity index (χ3v) is 5.34. The van der Waals surface area contributed by atoms with Crippen LogP contribution in [-0.2, 0) is 19.4 Å². The molecule has 2 aliphatic rings. The minimum atomic E-state index is -0.0632. The molecule has 2 aromatic rings. The zero-order valence-corrected chi connectivity index (χ0v) is 15.0. The third kappa shape index (κ3) is 3.34. The van der Waals surface area contributed by atoms with Crippen molar-refractivity contribution in [1.82, 2.24) is 10.2 Å². The van der Waals surface area contributed by atoms with Gasteiger partial charge in [-0.1, -0.05) is 31.2 Å². The Labute approximate surface area is 153 Å². The number of rotatable bonds is 2. The number of carbonyl (C=O) groups is 1. The van der Waals surface area contributed by atoms with Crippen LogP contribution >= 0.6 is 0 Å². The quantitative estimate of drug-likeness (QED) is 0.873. The Balaban J connectivity index is 1.39. The Morgan fingerprint density at radius 2 is 1.92 bits per heavy atom. The van der Waals surface area contributed by atoms with Gasteiger partial charge in [0.1, 0.15) is 18.1 Å². The number of benzene rings is 2. The molecule has 0 aromatic heterocycles. The molecular weight excluding hydrogens is 328 g/mol. The van der Waals surface area contributed by atoms with Crippen molar-refractivity contribution in [3.63, 3.8) is 0 Å². The number of amides is 2. The van der Waals surface area contributed by atoms with Crippen LogP contribution in [0.3, 0.4) is 0 Å². The minimum absolute atomic E-state index is 0.0609. The summed E-state index contributed by atoms with van der Waals surface area (Å²) >= 11 is 0. The summed E-state index contributed by atoms with van der Waals surface area (Å²) in [4.78, 5) is 14.5. The summed E-state index contributed by atoms with van der Waals surface area (Å²) in [5.74, 6) is 0.828. The van der Waals surface area contributed by atoms with Crippen molar-refractivity contribution < 1.29 is 14.6 Å². The standard InChI is InChI=1S/C21H24N2O3/c1-21(11-15-4-2-3-5-16(15)12-21)14-22-20(25)23-8-9-26-19-10-18(24)7-6-17(19)13-23/h2-7,10,24H,8-9,11-14H2,1H3,(H,22,25). The number of ether oxygens (including phenoxy) is 1. The number of hydrogen-bond acceptors (Lipinski definition) is 3. The van der Waals surface area contributed by atoms with Crippen molar-refractivity contribution in [2.24, 2.45) is 5.41 Å². The predicted molar refractivity (Wildman–Crippen MR) is 99.4 cm³/mol. The number of nitrogens with one attached hydrogen (secondary N) is 1. The van der Waals surface area contributed by atoms with Gasteiger partial charge in [-0.15, -0.1) is 0 Å². The Hall–Kier alpha value is -2.69. The van der Waals surface area contributed by atoms with Crippen molar-refractivity contribution in [2.75, 3.05) is 19.7 Å². The molecule has 0 radical (unpaired) electrons. The van der Waals surface area contributed by atoms with Crippen LogP contribution in [0.25, 0.3) is 0 Å². The van der Waals surface area contributed by atoms with E-state index in [-0.39, 0.29) is 17.2 Å². The molecule has 0 saturated heterocycles. The molecule has 136 valence electrons. The molecule has 2 amide bonds. The van der Waals surface area contributed by atoms with Gasteiger partial charge in [-0.2, -0.15) is 0 Å². The highest BCUT2D eigenvalue weighted by molar-refractivity contribution is 5.74. The second kappa shape index (κ2) is 6.56. The van der Waals surface area contributed by atoms with Crippen LogP contribution in [0.4, 0.5) is 4.79 Å². The molecule has 1 heterocycles. The molecule has 0 unspecified atom stereocenters. The molecule has 0 saturated carbocycles. The van der Waals surface area contributed by atoms with Crippen molar-refractivity contribution in [3.05, 3.63) is 59.2 Å². The number of urea groups is 1. The van der Waals surface area contributed by atoms with Crippen LogP contribution in [0.1, 0.15) is 23.6 Å². The molecule has 1 aliphatic heterocycles. The predicted octanol–water partition coefficient (Wildman–Crippen LogP) is 3.10. The normalized spacial score (nSPS) is 17.7. The Kier molecular flexibility index (Phi) is 4.23. The van der Waals surface area contributed by atoms with Gasteiger partial charge in [-0.05, 0) is 41.5 Å². The molecule has 2 aromatic carbocycles. The second-order valence-electron chi connectivity index (χ2n) is 7.65. The fraction of sp³-hybridized carbons (Fsp3) is 0.381. The number of nitrogens with zero attached hydrogens (tertiary/aromatic N) is 1. The fourth-order valence-corrected chi connectivity index (χ4v) is 3.94. The smallest absolute Gasteiger partial charge is 0.317 e. The highest BCUT2D eigenvalue weighted by Gasteiger charge is 2.33. The first-order valence-electron chi connectivity index (χ1n) is 9.07. The topological polar surface area (TPSA) is 61.8 Å². The molecule has 1 aliphatic carbocycles. The van der Waals surface area contributed by atoms with Gasteiger partial charge in [0, 0.05) is 18.2 Å².